The molecule has 0 radical (unpaired) electrons. The Kier molecular flexibility index (Phi) is 3.91. The van der Waals surface area contributed by atoms with Crippen LogP contribution in [0.4, 0.5) is 0 Å². The SMILES string of the molecule is ClCc1nc2cncc(Cl)c2n1CCC1CCOC1. The lowest BCUT2D eigenvalue weighted by Crippen LogP contribution is -2.08. The summed E-state index contributed by atoms with van der Waals surface area (Å²) in [6, 6.07) is 0. The molecule has 6 heteroatoms. The highest BCUT2D eigenvalue weighted by atomic mass is 35.5. The van der Waals surface area contributed by atoms with Gasteiger partial charge in [-0.05, 0) is 18.8 Å². The first-order valence-corrected chi connectivity index (χ1v) is 7.33. The number of imidazole rings is 1. The fourth-order valence-electron chi connectivity index (χ4n) is 2.56. The number of hydrogen-bond donors (Lipinski definition) is 0. The van der Waals surface area contributed by atoms with Gasteiger partial charge in [0.05, 0.1) is 22.6 Å². The Labute approximate surface area is 121 Å². The highest BCUT2D eigenvalue weighted by Crippen LogP contribution is 2.26. The lowest BCUT2D eigenvalue weighted by Gasteiger charge is -2.11. The highest BCUT2D eigenvalue weighted by molar-refractivity contribution is 6.34. The molecular formula is C13H15Cl2N3O. The third-order valence-corrected chi connectivity index (χ3v) is 4.10. The van der Waals surface area contributed by atoms with Crippen molar-refractivity contribution in [1.82, 2.24) is 14.5 Å². The fourth-order valence-corrected chi connectivity index (χ4v) is 3.02. The van der Waals surface area contributed by atoms with Gasteiger partial charge in [0.1, 0.15) is 11.3 Å². The number of fused-ring (bicyclic) bond motifs is 1. The molecule has 19 heavy (non-hydrogen) atoms. The van der Waals surface area contributed by atoms with E-state index in [2.05, 4.69) is 14.5 Å². The standard InChI is InChI=1S/C13H15Cl2N3O/c14-5-12-17-11-7-16-6-10(15)13(11)18(12)3-1-9-2-4-19-8-9/h6-7,9H,1-5,8H2. The minimum Gasteiger partial charge on any atom is -0.381 e. The van der Waals surface area contributed by atoms with Crippen LogP contribution in [-0.4, -0.2) is 27.7 Å². The summed E-state index contributed by atoms with van der Waals surface area (Å²) in [5.41, 5.74) is 1.75. The van der Waals surface area contributed by atoms with Gasteiger partial charge in [-0.2, -0.15) is 0 Å². The second-order valence-electron chi connectivity index (χ2n) is 4.82. The van der Waals surface area contributed by atoms with E-state index < -0.39 is 0 Å². The zero-order valence-electron chi connectivity index (χ0n) is 10.5. The molecule has 1 aliphatic rings. The summed E-state index contributed by atoms with van der Waals surface area (Å²) in [6.45, 7) is 2.61. The van der Waals surface area contributed by atoms with Crippen molar-refractivity contribution in [1.29, 1.82) is 0 Å². The zero-order valence-corrected chi connectivity index (χ0v) is 12.0. The number of nitrogens with zero attached hydrogens (tertiary/aromatic N) is 3. The van der Waals surface area contributed by atoms with Gasteiger partial charge in [0.2, 0.25) is 0 Å². The van der Waals surface area contributed by atoms with Crippen molar-refractivity contribution in [2.45, 2.75) is 25.3 Å². The Bertz CT molecular complexity index is 579. The lowest BCUT2D eigenvalue weighted by atomic mass is 10.1. The molecule has 1 unspecified atom stereocenters. The van der Waals surface area contributed by atoms with Crippen LogP contribution in [0.3, 0.4) is 0 Å². The normalized spacial score (nSPS) is 19.4. The van der Waals surface area contributed by atoms with Crippen LogP contribution in [0.2, 0.25) is 5.02 Å². The van der Waals surface area contributed by atoms with Crippen LogP contribution in [0.1, 0.15) is 18.7 Å². The van der Waals surface area contributed by atoms with E-state index >= 15 is 0 Å². The van der Waals surface area contributed by atoms with Gasteiger partial charge in [0.25, 0.3) is 0 Å². The topological polar surface area (TPSA) is 39.9 Å². The molecule has 1 saturated heterocycles. The largest absolute Gasteiger partial charge is 0.381 e. The Balaban J connectivity index is 1.91. The van der Waals surface area contributed by atoms with E-state index in [1.807, 2.05) is 0 Å². The molecule has 0 N–H and O–H groups in total. The molecule has 2 aromatic heterocycles. The molecule has 0 saturated carbocycles. The van der Waals surface area contributed by atoms with Gasteiger partial charge in [0, 0.05) is 26.0 Å². The van der Waals surface area contributed by atoms with E-state index in [0.29, 0.717) is 16.8 Å². The van der Waals surface area contributed by atoms with Crippen molar-refractivity contribution in [3.8, 4) is 0 Å². The number of aryl methyl sites for hydroxylation is 1. The number of aromatic nitrogens is 3. The predicted molar refractivity (Wildman–Crippen MR) is 75.6 cm³/mol. The third kappa shape index (κ3) is 2.57. The minimum atomic E-state index is 0.381. The molecule has 3 heterocycles. The summed E-state index contributed by atoms with van der Waals surface area (Å²) in [5.74, 6) is 1.86. The molecule has 0 aliphatic carbocycles. The van der Waals surface area contributed by atoms with Gasteiger partial charge in [-0.25, -0.2) is 4.98 Å². The molecule has 1 fully saturated rings. The summed E-state index contributed by atoms with van der Waals surface area (Å²) in [7, 11) is 0. The first kappa shape index (κ1) is 13.2. The van der Waals surface area contributed by atoms with Crippen LogP contribution in [0.25, 0.3) is 11.0 Å². The van der Waals surface area contributed by atoms with Gasteiger partial charge in [-0.3, -0.25) is 4.98 Å². The lowest BCUT2D eigenvalue weighted by molar-refractivity contribution is 0.183. The fraction of sp³-hybridized carbons (Fsp3) is 0.538. The monoisotopic (exact) mass is 299 g/mol. The number of ether oxygens (including phenoxy) is 1. The molecular weight excluding hydrogens is 285 g/mol. The second-order valence-corrected chi connectivity index (χ2v) is 5.50. The molecule has 0 amide bonds. The summed E-state index contributed by atoms with van der Waals surface area (Å²) in [4.78, 5) is 8.56. The maximum atomic E-state index is 6.24. The van der Waals surface area contributed by atoms with Crippen LogP contribution < -0.4 is 0 Å². The van der Waals surface area contributed by atoms with E-state index in [9.17, 15) is 0 Å². The summed E-state index contributed by atoms with van der Waals surface area (Å²) >= 11 is 12.2. The second kappa shape index (κ2) is 5.65. The smallest absolute Gasteiger partial charge is 0.124 e. The first-order valence-electron chi connectivity index (χ1n) is 6.42. The molecule has 3 rings (SSSR count). The van der Waals surface area contributed by atoms with Gasteiger partial charge < -0.3 is 9.30 Å². The van der Waals surface area contributed by atoms with Crippen LogP contribution >= 0.6 is 23.2 Å². The number of halogens is 2. The maximum Gasteiger partial charge on any atom is 0.124 e. The maximum absolute atomic E-state index is 6.24. The molecule has 1 atom stereocenters. The molecule has 4 nitrogen and oxygen atoms in total. The predicted octanol–water partition coefficient (Wildman–Crippen LogP) is 3.25. The molecule has 0 aromatic carbocycles. The molecule has 2 aromatic rings. The Hall–Kier alpha value is -0.840. The minimum absolute atomic E-state index is 0.381. The van der Waals surface area contributed by atoms with E-state index in [4.69, 9.17) is 27.9 Å². The van der Waals surface area contributed by atoms with Crippen LogP contribution in [-0.2, 0) is 17.2 Å². The van der Waals surface area contributed by atoms with Crippen molar-refractivity contribution < 1.29 is 4.74 Å². The van der Waals surface area contributed by atoms with Crippen molar-refractivity contribution in [3.05, 3.63) is 23.2 Å². The third-order valence-electron chi connectivity index (χ3n) is 3.59. The van der Waals surface area contributed by atoms with Crippen LogP contribution in [0, 0.1) is 5.92 Å². The van der Waals surface area contributed by atoms with Crippen LogP contribution in [0.5, 0.6) is 0 Å². The Morgan fingerprint density at radius 1 is 1.42 bits per heavy atom. The molecule has 1 aliphatic heterocycles. The van der Waals surface area contributed by atoms with E-state index in [0.717, 1.165) is 49.5 Å². The number of pyridine rings is 1. The van der Waals surface area contributed by atoms with Crippen molar-refractivity contribution in [2.75, 3.05) is 13.2 Å². The van der Waals surface area contributed by atoms with E-state index in [1.54, 1.807) is 12.4 Å². The van der Waals surface area contributed by atoms with Gasteiger partial charge in [0.15, 0.2) is 0 Å². The number of rotatable bonds is 4. The average molecular weight is 300 g/mol. The Morgan fingerprint density at radius 3 is 3.05 bits per heavy atom. The van der Waals surface area contributed by atoms with Gasteiger partial charge in [-0.1, -0.05) is 11.6 Å². The Morgan fingerprint density at radius 2 is 2.32 bits per heavy atom. The van der Waals surface area contributed by atoms with Crippen molar-refractivity contribution >= 4 is 34.2 Å². The number of hydrogen-bond acceptors (Lipinski definition) is 3. The summed E-state index contributed by atoms with van der Waals surface area (Å²) in [6.07, 6.45) is 5.58. The highest BCUT2D eigenvalue weighted by Gasteiger charge is 2.18. The zero-order chi connectivity index (χ0) is 13.2. The summed E-state index contributed by atoms with van der Waals surface area (Å²) in [5, 5.41) is 0.629. The van der Waals surface area contributed by atoms with E-state index in [-0.39, 0.29) is 0 Å². The molecule has 0 bridgehead atoms. The average Bonchev–Trinajstić information content (AvgIpc) is 3.03. The van der Waals surface area contributed by atoms with E-state index in [1.165, 1.54) is 0 Å². The first-order chi connectivity index (χ1) is 9.29. The van der Waals surface area contributed by atoms with Gasteiger partial charge >= 0.3 is 0 Å². The molecule has 102 valence electrons. The quantitative estimate of drug-likeness (QED) is 0.814. The summed E-state index contributed by atoms with van der Waals surface area (Å²) < 4.78 is 7.52. The van der Waals surface area contributed by atoms with Crippen molar-refractivity contribution in [3.63, 3.8) is 0 Å². The van der Waals surface area contributed by atoms with Crippen molar-refractivity contribution in [2.24, 2.45) is 5.92 Å². The molecule has 0 spiro atoms. The number of alkyl halides is 1. The van der Waals surface area contributed by atoms with Crippen LogP contribution in [0.15, 0.2) is 12.4 Å². The van der Waals surface area contributed by atoms with Gasteiger partial charge in [-0.15, -0.1) is 11.6 Å².